The minimum Gasteiger partial charge on any atom is -0.444 e. The summed E-state index contributed by atoms with van der Waals surface area (Å²) in [4.78, 5) is 53.0. The van der Waals surface area contributed by atoms with E-state index in [0.29, 0.717) is 37.8 Å². The minimum absolute atomic E-state index is 0.0932. The van der Waals surface area contributed by atoms with Crippen LogP contribution in [0.15, 0.2) is 23.8 Å². The first-order chi connectivity index (χ1) is 21.3. The summed E-state index contributed by atoms with van der Waals surface area (Å²) in [5.74, 6) is -2.94. The Balaban J connectivity index is 1.19. The van der Waals surface area contributed by atoms with Crippen molar-refractivity contribution in [2.75, 3.05) is 19.7 Å². The van der Waals surface area contributed by atoms with Crippen molar-refractivity contribution < 1.29 is 52.4 Å². The van der Waals surface area contributed by atoms with Crippen molar-refractivity contribution in [2.45, 2.75) is 122 Å². The number of nitrogens with zero attached hydrogens (tertiary/aromatic N) is 1. The average Bonchev–Trinajstić information content (AvgIpc) is 3.58. The molecule has 0 spiro atoms. The van der Waals surface area contributed by atoms with Gasteiger partial charge in [0, 0.05) is 29.7 Å². The molecule has 0 bridgehead atoms. The molecule has 12 heteroatoms. The van der Waals surface area contributed by atoms with Gasteiger partial charge in [0.1, 0.15) is 11.7 Å². The van der Waals surface area contributed by atoms with Gasteiger partial charge in [-0.25, -0.2) is 14.0 Å². The number of aliphatic hydroxyl groups is 1. The quantitative estimate of drug-likeness (QED) is 0.432. The molecule has 9 atom stereocenters. The molecular formula is C34H46FNO10. The molecule has 0 aromatic heterocycles. The Morgan fingerprint density at radius 3 is 2.54 bits per heavy atom. The topological polar surface area (TPSA) is 138 Å². The Hall–Kier alpha value is -2.83. The summed E-state index contributed by atoms with van der Waals surface area (Å²) in [5, 5.41) is 11.7. The summed E-state index contributed by atoms with van der Waals surface area (Å²) in [6.07, 6.45) is 1.53. The van der Waals surface area contributed by atoms with Crippen LogP contribution >= 0.6 is 0 Å². The molecule has 2 aliphatic heterocycles. The fourth-order valence-corrected chi connectivity index (χ4v) is 9.53. The van der Waals surface area contributed by atoms with Crippen LogP contribution in [0.25, 0.3) is 0 Å². The molecule has 0 radical (unpaired) electrons. The lowest BCUT2D eigenvalue weighted by Gasteiger charge is -2.62. The predicted octanol–water partition coefficient (Wildman–Crippen LogP) is 4.59. The van der Waals surface area contributed by atoms with Crippen LogP contribution in [0.1, 0.15) is 80.6 Å². The number of fused-ring (bicyclic) bond motifs is 7. The molecule has 0 aromatic carbocycles. The maximum atomic E-state index is 17.6. The van der Waals surface area contributed by atoms with Gasteiger partial charge < -0.3 is 33.7 Å². The number of halogens is 1. The van der Waals surface area contributed by atoms with E-state index in [1.54, 1.807) is 47.6 Å². The van der Waals surface area contributed by atoms with Crippen molar-refractivity contribution in [3.05, 3.63) is 23.8 Å². The van der Waals surface area contributed by atoms with Crippen LogP contribution in [0.3, 0.4) is 0 Å². The zero-order valence-electron chi connectivity index (χ0n) is 27.7. The molecule has 6 aliphatic rings. The molecule has 11 nitrogen and oxygen atoms in total. The molecule has 2 heterocycles. The lowest BCUT2D eigenvalue weighted by molar-refractivity contribution is -0.246. The number of allylic oxidation sites excluding steroid dienone is 4. The van der Waals surface area contributed by atoms with Crippen LogP contribution in [0.4, 0.5) is 14.0 Å². The third-order valence-corrected chi connectivity index (χ3v) is 11.4. The highest BCUT2D eigenvalue weighted by Gasteiger charge is 2.80. The van der Waals surface area contributed by atoms with E-state index >= 15 is 4.39 Å². The second-order valence-electron chi connectivity index (χ2n) is 15.8. The zero-order valence-corrected chi connectivity index (χ0v) is 27.7. The molecule has 254 valence electrons. The van der Waals surface area contributed by atoms with E-state index in [4.69, 9.17) is 23.7 Å². The lowest BCUT2D eigenvalue weighted by Crippen LogP contribution is -2.70. The van der Waals surface area contributed by atoms with Crippen LogP contribution in [-0.4, -0.2) is 94.5 Å². The molecule has 1 unspecified atom stereocenters. The van der Waals surface area contributed by atoms with Crippen LogP contribution in [0, 0.1) is 22.7 Å². The van der Waals surface area contributed by atoms with Crippen LogP contribution < -0.4 is 0 Å². The zero-order chi connectivity index (χ0) is 33.7. The number of Topliss-reactive ketones (excluding diaryl/α,β-unsaturated/α-hetero) is 1. The van der Waals surface area contributed by atoms with E-state index in [1.807, 2.05) is 6.92 Å². The van der Waals surface area contributed by atoms with E-state index in [9.17, 15) is 24.3 Å². The van der Waals surface area contributed by atoms with E-state index in [2.05, 4.69) is 0 Å². The van der Waals surface area contributed by atoms with Gasteiger partial charge in [-0.15, -0.1) is 0 Å². The maximum Gasteiger partial charge on any atom is 0.509 e. The number of carbonyl (C=O) groups excluding carboxylic acids is 4. The van der Waals surface area contributed by atoms with E-state index in [1.165, 1.54) is 17.1 Å². The Bertz CT molecular complexity index is 1400. The molecule has 6 rings (SSSR count). The van der Waals surface area contributed by atoms with Crippen molar-refractivity contribution in [3.8, 4) is 0 Å². The van der Waals surface area contributed by atoms with Crippen molar-refractivity contribution in [1.29, 1.82) is 0 Å². The summed E-state index contributed by atoms with van der Waals surface area (Å²) in [5.41, 5.74) is -5.91. The third-order valence-electron chi connectivity index (χ3n) is 11.4. The molecule has 3 saturated carbocycles. The van der Waals surface area contributed by atoms with Gasteiger partial charge in [0.25, 0.3) is 0 Å². The largest absolute Gasteiger partial charge is 0.509 e. The van der Waals surface area contributed by atoms with Crippen molar-refractivity contribution in [2.24, 2.45) is 22.7 Å². The first kappa shape index (κ1) is 33.1. The molecule has 1 amide bonds. The third kappa shape index (κ3) is 4.84. The van der Waals surface area contributed by atoms with Gasteiger partial charge >= 0.3 is 12.2 Å². The summed E-state index contributed by atoms with van der Waals surface area (Å²) < 4.78 is 46.5. The first-order valence-electron chi connectivity index (χ1n) is 16.3. The summed E-state index contributed by atoms with van der Waals surface area (Å²) >= 11 is 0. The van der Waals surface area contributed by atoms with Crippen LogP contribution in [0.2, 0.25) is 0 Å². The lowest BCUT2D eigenvalue weighted by atomic mass is 9.44. The maximum absolute atomic E-state index is 17.6. The first-order valence-corrected chi connectivity index (χ1v) is 16.3. The Labute approximate surface area is 268 Å². The number of aliphatic hydroxyl groups excluding tert-OH is 1. The van der Waals surface area contributed by atoms with Gasteiger partial charge in [0.2, 0.25) is 5.78 Å². The normalized spacial score (nSPS) is 42.4. The number of alkyl halides is 1. The smallest absolute Gasteiger partial charge is 0.444 e. The number of likely N-dealkylation sites (tertiary alicyclic amines) is 1. The highest BCUT2D eigenvalue weighted by molar-refractivity contribution is 6.01. The van der Waals surface area contributed by atoms with Crippen molar-refractivity contribution in [1.82, 2.24) is 4.90 Å². The average molecular weight is 648 g/mol. The molecule has 0 aromatic rings. The molecule has 2 saturated heterocycles. The minimum atomic E-state index is -2.08. The standard InChI is InChI=1S/C34H46FNO10/c1-29(2,3)45-27(40)36-13-11-21(17-36)43-28(41)42-18-25(39)34-26(44-30(4,5)46-34)15-23-22-9-8-19-14-20(37)10-12-31(19,6)33(22,35)24(38)16-32(23,34)7/h10,12,14,21-24,26,38H,8-9,11,13,15-18H2,1-7H3/t21?,22-,23-,24-,26+,31-,32-,33-,34+/m0/s1. The molecule has 5 fully saturated rings. The molecule has 1 N–H and O–H groups in total. The van der Waals surface area contributed by atoms with Crippen molar-refractivity contribution in [3.63, 3.8) is 0 Å². The van der Waals surface area contributed by atoms with Gasteiger partial charge in [0.05, 0.1) is 18.8 Å². The van der Waals surface area contributed by atoms with Crippen LogP contribution in [0.5, 0.6) is 0 Å². The Morgan fingerprint density at radius 2 is 1.85 bits per heavy atom. The Kier molecular flexibility index (Phi) is 7.61. The van der Waals surface area contributed by atoms with E-state index in [-0.39, 0.29) is 18.7 Å². The Morgan fingerprint density at radius 1 is 1.13 bits per heavy atom. The van der Waals surface area contributed by atoms with Gasteiger partial charge in [-0.3, -0.25) is 9.59 Å². The summed E-state index contributed by atoms with van der Waals surface area (Å²) in [6.45, 7) is 12.1. The van der Waals surface area contributed by atoms with E-state index in [0.717, 1.165) is 0 Å². The second-order valence-corrected chi connectivity index (χ2v) is 15.8. The van der Waals surface area contributed by atoms with Crippen molar-refractivity contribution >= 4 is 23.8 Å². The summed E-state index contributed by atoms with van der Waals surface area (Å²) in [6, 6.07) is 0. The van der Waals surface area contributed by atoms with Crippen LogP contribution in [-0.2, 0) is 33.3 Å². The number of hydrogen-bond acceptors (Lipinski definition) is 10. The predicted molar refractivity (Wildman–Crippen MR) is 160 cm³/mol. The highest BCUT2D eigenvalue weighted by atomic mass is 19.1. The molecule has 4 aliphatic carbocycles. The van der Waals surface area contributed by atoms with Gasteiger partial charge in [-0.1, -0.05) is 18.6 Å². The van der Waals surface area contributed by atoms with Gasteiger partial charge in [-0.05, 0) is 85.3 Å². The highest BCUT2D eigenvalue weighted by Crippen LogP contribution is 2.72. The van der Waals surface area contributed by atoms with E-state index < -0.39 is 88.3 Å². The fourth-order valence-electron chi connectivity index (χ4n) is 9.53. The number of amides is 1. The number of hydrogen-bond donors (Lipinski definition) is 1. The number of ether oxygens (including phenoxy) is 5. The summed E-state index contributed by atoms with van der Waals surface area (Å²) in [7, 11) is 0. The van der Waals surface area contributed by atoms with Gasteiger partial charge in [0.15, 0.2) is 29.4 Å². The number of rotatable bonds is 4. The monoisotopic (exact) mass is 647 g/mol. The van der Waals surface area contributed by atoms with Gasteiger partial charge in [-0.2, -0.15) is 0 Å². The number of carbonyl (C=O) groups is 4. The molecule has 46 heavy (non-hydrogen) atoms. The fraction of sp³-hybridized carbons (Fsp3) is 0.765. The molecular weight excluding hydrogens is 601 g/mol. The second kappa shape index (κ2) is 10.6. The SMILES string of the molecule is CC(C)(C)OC(=O)N1CCC(OC(=O)OCC(=O)[C@@]23OC(C)(C)O[C@@H]2C[C@H]2[C@@H]4CCC5=CC(=O)C=C[C@]5(C)[C@@]4(F)[C@@H](O)C[C@@]23C)C1. The number of ketones is 2.